The van der Waals surface area contributed by atoms with E-state index in [2.05, 4.69) is 25.8 Å². The number of hydrogen-bond donors (Lipinski definition) is 0. The number of unbranched alkanes of at least 4 members (excludes halogenated alkanes) is 4. The molecule has 0 N–H and O–H groups in total. The lowest BCUT2D eigenvalue weighted by atomic mass is 9.93. The van der Waals surface area contributed by atoms with E-state index in [-0.39, 0.29) is 0 Å². The molecule has 0 amide bonds. The normalized spacial score (nSPS) is 12.9. The van der Waals surface area contributed by atoms with Crippen molar-refractivity contribution < 1.29 is 0 Å². The molecule has 0 aromatic carbocycles. The summed E-state index contributed by atoms with van der Waals surface area (Å²) in [7, 11) is 0. The number of aryl methyl sites for hydroxylation is 1. The van der Waals surface area contributed by atoms with Gasteiger partial charge in [0.2, 0.25) is 0 Å². The van der Waals surface area contributed by atoms with Gasteiger partial charge in [0.25, 0.3) is 0 Å². The van der Waals surface area contributed by atoms with Crippen LogP contribution in [0.5, 0.6) is 0 Å². The molecule has 2 heteroatoms. The van der Waals surface area contributed by atoms with E-state index >= 15 is 0 Å². The second kappa shape index (κ2) is 8.68. The van der Waals surface area contributed by atoms with Crippen molar-refractivity contribution in [3.63, 3.8) is 0 Å². The Labute approximate surface area is 111 Å². The van der Waals surface area contributed by atoms with Gasteiger partial charge in [0.1, 0.15) is 0 Å². The van der Waals surface area contributed by atoms with Crippen LogP contribution in [0.3, 0.4) is 0 Å². The number of thiazole rings is 1. The third-order valence-corrected chi connectivity index (χ3v) is 4.56. The van der Waals surface area contributed by atoms with Crippen molar-refractivity contribution >= 4 is 11.3 Å². The zero-order valence-corrected chi connectivity index (χ0v) is 12.5. The van der Waals surface area contributed by atoms with Gasteiger partial charge in [0.05, 0.1) is 11.2 Å². The molecule has 0 radical (unpaired) electrons. The predicted octanol–water partition coefficient (Wildman–Crippen LogP) is 5.70. The van der Waals surface area contributed by atoms with Gasteiger partial charge in [-0.1, -0.05) is 52.4 Å². The van der Waals surface area contributed by atoms with Crippen LogP contribution in [0.4, 0.5) is 0 Å². The van der Waals surface area contributed by atoms with Crippen molar-refractivity contribution in [2.45, 2.75) is 78.1 Å². The van der Waals surface area contributed by atoms with E-state index in [1.165, 1.54) is 57.1 Å². The molecule has 1 atom stereocenters. The van der Waals surface area contributed by atoms with Gasteiger partial charge in [0.15, 0.2) is 0 Å². The smallest absolute Gasteiger partial charge is 0.0797 e. The first-order chi connectivity index (χ1) is 8.29. The zero-order valence-electron chi connectivity index (χ0n) is 11.7. The highest BCUT2D eigenvalue weighted by atomic mass is 32.1. The summed E-state index contributed by atoms with van der Waals surface area (Å²) in [5.74, 6) is 0.777. The molecule has 17 heavy (non-hydrogen) atoms. The summed E-state index contributed by atoms with van der Waals surface area (Å²) in [6, 6.07) is 0. The van der Waals surface area contributed by atoms with Crippen molar-refractivity contribution in [1.29, 1.82) is 0 Å². The number of nitrogens with zero attached hydrogens (tertiary/aromatic N) is 1. The van der Waals surface area contributed by atoms with E-state index in [0.29, 0.717) is 0 Å². The average molecular weight is 253 g/mol. The predicted molar refractivity (Wildman–Crippen MR) is 77.9 cm³/mol. The van der Waals surface area contributed by atoms with Gasteiger partial charge in [-0.2, -0.15) is 0 Å². The largest absolute Gasteiger partial charge is 0.250 e. The minimum atomic E-state index is 0.777. The van der Waals surface area contributed by atoms with Crippen LogP contribution >= 0.6 is 11.3 Å². The maximum atomic E-state index is 4.41. The van der Waals surface area contributed by atoms with E-state index < -0.39 is 0 Å². The lowest BCUT2D eigenvalue weighted by Gasteiger charge is -2.15. The van der Waals surface area contributed by atoms with Crippen molar-refractivity contribution in [3.8, 4) is 0 Å². The van der Waals surface area contributed by atoms with Crippen LogP contribution in [0.2, 0.25) is 0 Å². The molecule has 1 aromatic rings. The van der Waals surface area contributed by atoms with E-state index in [9.17, 15) is 0 Å². The molecule has 0 bridgehead atoms. The lowest BCUT2D eigenvalue weighted by Crippen LogP contribution is -1.99. The minimum absolute atomic E-state index is 0.777. The molecule has 1 rings (SSSR count). The van der Waals surface area contributed by atoms with Gasteiger partial charge in [-0.25, -0.2) is 4.98 Å². The van der Waals surface area contributed by atoms with Crippen molar-refractivity contribution in [2.75, 3.05) is 0 Å². The molecule has 0 spiro atoms. The quantitative estimate of drug-likeness (QED) is 0.515. The van der Waals surface area contributed by atoms with Gasteiger partial charge >= 0.3 is 0 Å². The van der Waals surface area contributed by atoms with Gasteiger partial charge in [-0.15, -0.1) is 11.3 Å². The highest BCUT2D eigenvalue weighted by molar-refractivity contribution is 7.09. The molecular formula is C15H27NS. The van der Waals surface area contributed by atoms with Gasteiger partial charge in [0, 0.05) is 4.88 Å². The second-order valence-electron chi connectivity index (χ2n) is 4.99. The molecular weight excluding hydrogens is 226 g/mol. The summed E-state index contributed by atoms with van der Waals surface area (Å²) in [4.78, 5) is 5.96. The summed E-state index contributed by atoms with van der Waals surface area (Å²) in [6.45, 7) is 6.73. The summed E-state index contributed by atoms with van der Waals surface area (Å²) in [6.07, 6.45) is 10.9. The SMILES string of the molecule is CCCCCCC(CCCC)c1scnc1C. The van der Waals surface area contributed by atoms with Crippen molar-refractivity contribution in [3.05, 3.63) is 16.1 Å². The first kappa shape index (κ1) is 14.7. The Hall–Kier alpha value is -0.370. The summed E-state index contributed by atoms with van der Waals surface area (Å²) < 4.78 is 0. The van der Waals surface area contributed by atoms with E-state index in [1.807, 2.05) is 16.8 Å². The first-order valence-electron chi connectivity index (χ1n) is 7.19. The molecule has 1 aromatic heterocycles. The fourth-order valence-electron chi connectivity index (χ4n) is 2.38. The molecule has 98 valence electrons. The third-order valence-electron chi connectivity index (χ3n) is 3.47. The fraction of sp³-hybridized carbons (Fsp3) is 0.800. The van der Waals surface area contributed by atoms with Gasteiger partial charge in [-0.3, -0.25) is 0 Å². The van der Waals surface area contributed by atoms with Crippen LogP contribution in [0, 0.1) is 6.92 Å². The maximum absolute atomic E-state index is 4.41. The monoisotopic (exact) mass is 253 g/mol. The Morgan fingerprint density at radius 3 is 2.35 bits per heavy atom. The first-order valence-corrected chi connectivity index (χ1v) is 8.07. The lowest BCUT2D eigenvalue weighted by molar-refractivity contribution is 0.512. The molecule has 1 heterocycles. The van der Waals surface area contributed by atoms with Crippen molar-refractivity contribution in [2.24, 2.45) is 0 Å². The Bertz CT molecular complexity index is 293. The Morgan fingerprint density at radius 2 is 1.76 bits per heavy atom. The second-order valence-corrected chi connectivity index (χ2v) is 5.88. The molecule has 0 aliphatic rings. The maximum Gasteiger partial charge on any atom is 0.0797 e. The Kier molecular flexibility index (Phi) is 7.50. The van der Waals surface area contributed by atoms with Crippen molar-refractivity contribution in [1.82, 2.24) is 4.98 Å². The van der Waals surface area contributed by atoms with Gasteiger partial charge < -0.3 is 0 Å². The Morgan fingerprint density at radius 1 is 1.06 bits per heavy atom. The topological polar surface area (TPSA) is 12.9 Å². The molecule has 0 saturated carbocycles. The average Bonchev–Trinajstić information content (AvgIpc) is 2.75. The van der Waals surface area contributed by atoms with Crippen LogP contribution in [-0.4, -0.2) is 4.98 Å². The highest BCUT2D eigenvalue weighted by Gasteiger charge is 2.15. The molecule has 0 aliphatic heterocycles. The standard InChI is InChI=1S/C15H27NS/c1-4-6-8-9-11-14(10-7-5-2)15-13(3)16-12-17-15/h12,14H,4-11H2,1-3H3. The third kappa shape index (κ3) is 5.20. The molecule has 0 fully saturated rings. The summed E-state index contributed by atoms with van der Waals surface area (Å²) in [5, 5.41) is 0. The van der Waals surface area contributed by atoms with E-state index in [1.54, 1.807) is 4.88 Å². The number of rotatable bonds is 9. The molecule has 0 saturated heterocycles. The van der Waals surface area contributed by atoms with Crippen LogP contribution in [0.25, 0.3) is 0 Å². The summed E-state index contributed by atoms with van der Waals surface area (Å²) >= 11 is 1.86. The number of aromatic nitrogens is 1. The fourth-order valence-corrected chi connectivity index (χ4v) is 3.35. The van der Waals surface area contributed by atoms with Crippen LogP contribution in [0.15, 0.2) is 5.51 Å². The molecule has 0 aliphatic carbocycles. The van der Waals surface area contributed by atoms with Crippen LogP contribution in [0.1, 0.15) is 81.7 Å². The van der Waals surface area contributed by atoms with Gasteiger partial charge in [-0.05, 0) is 25.7 Å². The van der Waals surface area contributed by atoms with Crippen LogP contribution in [-0.2, 0) is 0 Å². The Balaban J connectivity index is 2.46. The van der Waals surface area contributed by atoms with Crippen LogP contribution < -0.4 is 0 Å². The van der Waals surface area contributed by atoms with E-state index in [4.69, 9.17) is 0 Å². The minimum Gasteiger partial charge on any atom is -0.250 e. The molecule has 1 unspecified atom stereocenters. The highest BCUT2D eigenvalue weighted by Crippen LogP contribution is 2.32. The number of hydrogen-bond acceptors (Lipinski definition) is 2. The van der Waals surface area contributed by atoms with E-state index in [0.717, 1.165) is 5.92 Å². The zero-order chi connectivity index (χ0) is 12.5. The summed E-state index contributed by atoms with van der Waals surface area (Å²) in [5.41, 5.74) is 3.28. The molecule has 1 nitrogen and oxygen atoms in total.